The first kappa shape index (κ1) is 13.5. The van der Waals surface area contributed by atoms with E-state index in [1.807, 2.05) is 12.1 Å². The molecule has 3 nitrogen and oxygen atoms in total. The first-order chi connectivity index (χ1) is 9.63. The monoisotopic (exact) mass is 350 g/mol. The molecule has 1 atom stereocenters. The normalized spacial score (nSPS) is 17.7. The molecular weight excluding hydrogens is 340 g/mol. The van der Waals surface area contributed by atoms with Gasteiger partial charge in [-0.2, -0.15) is 5.10 Å². The number of benzene rings is 2. The van der Waals surface area contributed by atoms with E-state index >= 15 is 0 Å². The lowest BCUT2D eigenvalue weighted by Crippen LogP contribution is -2.09. The van der Waals surface area contributed by atoms with Crippen LogP contribution in [0.1, 0.15) is 23.6 Å². The molecule has 2 aromatic rings. The van der Waals surface area contributed by atoms with Gasteiger partial charge in [0.1, 0.15) is 5.75 Å². The van der Waals surface area contributed by atoms with E-state index in [2.05, 4.69) is 38.6 Å². The lowest BCUT2D eigenvalue weighted by Gasteiger charge is -2.10. The van der Waals surface area contributed by atoms with Crippen molar-refractivity contribution < 1.29 is 5.11 Å². The summed E-state index contributed by atoms with van der Waals surface area (Å²) in [6.07, 6.45) is 0.718. The molecule has 102 valence electrons. The van der Waals surface area contributed by atoms with Crippen LogP contribution in [0.3, 0.4) is 0 Å². The molecule has 2 aromatic carbocycles. The van der Waals surface area contributed by atoms with Gasteiger partial charge in [-0.25, -0.2) is 0 Å². The number of nitrogens with one attached hydrogen (secondary N) is 1. The summed E-state index contributed by atoms with van der Waals surface area (Å²) in [5.41, 5.74) is 5.77. The Morgan fingerprint density at radius 2 is 1.95 bits per heavy atom. The lowest BCUT2D eigenvalue weighted by atomic mass is 9.99. The second-order valence-corrected chi connectivity index (χ2v) is 6.01. The van der Waals surface area contributed by atoms with Crippen molar-refractivity contribution in [3.05, 3.63) is 63.1 Å². The highest BCUT2D eigenvalue weighted by atomic mass is 79.9. The zero-order valence-corrected chi connectivity index (χ0v) is 12.8. The van der Waals surface area contributed by atoms with Gasteiger partial charge in [0, 0.05) is 21.5 Å². The molecule has 1 aliphatic rings. The molecule has 20 heavy (non-hydrogen) atoms. The second-order valence-electron chi connectivity index (χ2n) is 4.66. The smallest absolute Gasteiger partial charge is 0.124 e. The van der Waals surface area contributed by atoms with Crippen molar-refractivity contribution in [1.29, 1.82) is 0 Å². The average molecular weight is 352 g/mol. The van der Waals surface area contributed by atoms with E-state index < -0.39 is 0 Å². The molecule has 1 aliphatic heterocycles. The minimum absolute atomic E-state index is 0.122. The van der Waals surface area contributed by atoms with Crippen LogP contribution >= 0.6 is 27.5 Å². The molecule has 0 fully saturated rings. The van der Waals surface area contributed by atoms with Gasteiger partial charge in [0.2, 0.25) is 0 Å². The summed E-state index contributed by atoms with van der Waals surface area (Å²) in [6, 6.07) is 13.2. The van der Waals surface area contributed by atoms with E-state index in [0.29, 0.717) is 10.6 Å². The van der Waals surface area contributed by atoms with Gasteiger partial charge in [0.15, 0.2) is 0 Å². The molecule has 2 N–H and O–H groups in total. The van der Waals surface area contributed by atoms with Crippen molar-refractivity contribution in [2.45, 2.75) is 12.5 Å². The maximum absolute atomic E-state index is 9.92. The molecule has 1 heterocycles. The van der Waals surface area contributed by atoms with Crippen molar-refractivity contribution in [1.82, 2.24) is 5.43 Å². The third-order valence-electron chi connectivity index (χ3n) is 3.29. The number of halogens is 2. The third-order valence-corrected chi connectivity index (χ3v) is 4.06. The molecule has 0 aliphatic carbocycles. The molecule has 0 saturated carbocycles. The van der Waals surface area contributed by atoms with Crippen molar-refractivity contribution in [2.24, 2.45) is 5.10 Å². The Kier molecular flexibility index (Phi) is 3.68. The van der Waals surface area contributed by atoms with Gasteiger partial charge in [-0.3, -0.25) is 0 Å². The summed E-state index contributed by atoms with van der Waals surface area (Å²) in [7, 11) is 0. The predicted molar refractivity (Wildman–Crippen MR) is 84.3 cm³/mol. The van der Waals surface area contributed by atoms with Gasteiger partial charge in [0.05, 0.1) is 11.8 Å². The highest BCUT2D eigenvalue weighted by Gasteiger charge is 2.23. The molecule has 5 heteroatoms. The first-order valence-electron chi connectivity index (χ1n) is 6.20. The predicted octanol–water partition coefficient (Wildman–Crippen LogP) is 4.25. The maximum Gasteiger partial charge on any atom is 0.124 e. The highest BCUT2D eigenvalue weighted by Crippen LogP contribution is 2.30. The zero-order valence-electron chi connectivity index (χ0n) is 10.5. The molecule has 0 aromatic heterocycles. The Morgan fingerprint density at radius 1 is 1.20 bits per heavy atom. The van der Waals surface area contributed by atoms with E-state index in [0.717, 1.165) is 22.2 Å². The van der Waals surface area contributed by atoms with Crippen LogP contribution < -0.4 is 5.43 Å². The van der Waals surface area contributed by atoms with E-state index in [1.54, 1.807) is 18.2 Å². The fourth-order valence-corrected chi connectivity index (χ4v) is 2.67. The Morgan fingerprint density at radius 3 is 2.70 bits per heavy atom. The first-order valence-corrected chi connectivity index (χ1v) is 7.37. The van der Waals surface area contributed by atoms with Crippen LogP contribution in [-0.4, -0.2) is 10.8 Å². The van der Waals surface area contributed by atoms with Crippen LogP contribution in [0.4, 0.5) is 0 Å². The van der Waals surface area contributed by atoms with Gasteiger partial charge in [-0.15, -0.1) is 0 Å². The molecule has 0 unspecified atom stereocenters. The zero-order chi connectivity index (χ0) is 14.1. The molecule has 3 rings (SSSR count). The minimum atomic E-state index is 0.122. The van der Waals surface area contributed by atoms with Crippen molar-refractivity contribution in [3.8, 4) is 5.75 Å². The maximum atomic E-state index is 9.92. The molecule has 0 bridgehead atoms. The molecule has 0 amide bonds. The van der Waals surface area contributed by atoms with Crippen LogP contribution in [0, 0.1) is 0 Å². The Balaban J connectivity index is 1.82. The molecule has 0 spiro atoms. The SMILES string of the molecule is Oc1ccc(Cl)cc1C1=NN[C@H](c2ccc(Br)cc2)C1. The van der Waals surface area contributed by atoms with Gasteiger partial charge in [-0.05, 0) is 35.9 Å². The number of hydrogen-bond acceptors (Lipinski definition) is 3. The van der Waals surface area contributed by atoms with E-state index in [9.17, 15) is 5.11 Å². The largest absolute Gasteiger partial charge is 0.507 e. The summed E-state index contributed by atoms with van der Waals surface area (Å²) in [5, 5.41) is 14.8. The van der Waals surface area contributed by atoms with Gasteiger partial charge in [0.25, 0.3) is 0 Å². The van der Waals surface area contributed by atoms with E-state index in [1.165, 1.54) is 0 Å². The Labute approximate surface area is 130 Å². The molecule has 0 radical (unpaired) electrons. The number of hydrazone groups is 1. The van der Waals surface area contributed by atoms with Crippen molar-refractivity contribution in [2.75, 3.05) is 0 Å². The standard InChI is InChI=1S/C15H12BrClN2O/c16-10-3-1-9(2-4-10)13-8-14(19-18-13)12-7-11(17)5-6-15(12)20/h1-7,13,18,20H,8H2/t13-/m0/s1. The highest BCUT2D eigenvalue weighted by molar-refractivity contribution is 9.10. The summed E-state index contributed by atoms with van der Waals surface area (Å²) >= 11 is 9.40. The molecule has 0 saturated heterocycles. The average Bonchev–Trinajstić information content (AvgIpc) is 2.92. The fourth-order valence-electron chi connectivity index (χ4n) is 2.24. The van der Waals surface area contributed by atoms with Crippen LogP contribution in [0.25, 0.3) is 0 Å². The van der Waals surface area contributed by atoms with Crippen LogP contribution in [-0.2, 0) is 0 Å². The quantitative estimate of drug-likeness (QED) is 0.849. The summed E-state index contributed by atoms with van der Waals surface area (Å²) in [5.74, 6) is 0.200. The topological polar surface area (TPSA) is 44.6 Å². The third kappa shape index (κ3) is 2.67. The number of phenols is 1. The Hall–Kier alpha value is -1.52. The fraction of sp³-hybridized carbons (Fsp3) is 0.133. The van der Waals surface area contributed by atoms with Gasteiger partial charge < -0.3 is 10.5 Å². The van der Waals surface area contributed by atoms with Crippen molar-refractivity contribution in [3.63, 3.8) is 0 Å². The number of phenolic OH excluding ortho intramolecular Hbond substituents is 1. The van der Waals surface area contributed by atoms with Crippen LogP contribution in [0.5, 0.6) is 5.75 Å². The number of hydrogen-bond donors (Lipinski definition) is 2. The number of rotatable bonds is 2. The lowest BCUT2D eigenvalue weighted by molar-refractivity contribution is 0.474. The van der Waals surface area contributed by atoms with Crippen molar-refractivity contribution >= 4 is 33.2 Å². The Bertz CT molecular complexity index is 670. The number of nitrogens with zero attached hydrogens (tertiary/aromatic N) is 1. The van der Waals surface area contributed by atoms with E-state index in [-0.39, 0.29) is 11.8 Å². The summed E-state index contributed by atoms with van der Waals surface area (Å²) in [4.78, 5) is 0. The summed E-state index contributed by atoms with van der Waals surface area (Å²) in [6.45, 7) is 0. The minimum Gasteiger partial charge on any atom is -0.507 e. The van der Waals surface area contributed by atoms with Gasteiger partial charge in [-0.1, -0.05) is 39.7 Å². The second kappa shape index (κ2) is 5.46. The van der Waals surface area contributed by atoms with Crippen LogP contribution in [0.2, 0.25) is 5.02 Å². The van der Waals surface area contributed by atoms with Gasteiger partial charge >= 0.3 is 0 Å². The number of aromatic hydroxyl groups is 1. The van der Waals surface area contributed by atoms with Crippen LogP contribution in [0.15, 0.2) is 52.0 Å². The molecular formula is C15H12BrClN2O. The summed E-state index contributed by atoms with van der Waals surface area (Å²) < 4.78 is 1.05. The van der Waals surface area contributed by atoms with E-state index in [4.69, 9.17) is 11.6 Å².